The molecule has 0 aliphatic carbocycles. The van der Waals surface area contributed by atoms with Gasteiger partial charge in [-0.2, -0.15) is 13.2 Å². The van der Waals surface area contributed by atoms with Gasteiger partial charge in [0.2, 0.25) is 0 Å². The normalized spacial score (nSPS) is 15.9. The Balaban J connectivity index is 0.00000300. The number of nitrogens with one attached hydrogen (secondary N) is 1. The summed E-state index contributed by atoms with van der Waals surface area (Å²) < 4.78 is 44.0. The maximum atomic E-state index is 12.9. The molecule has 0 unspecified atom stereocenters. The van der Waals surface area contributed by atoms with Crippen LogP contribution >= 0.6 is 24.0 Å². The largest absolute Gasteiger partial charge is 0.469 e. The van der Waals surface area contributed by atoms with Gasteiger partial charge >= 0.3 is 6.18 Å². The van der Waals surface area contributed by atoms with E-state index in [-0.39, 0.29) is 36.6 Å². The van der Waals surface area contributed by atoms with Crippen molar-refractivity contribution in [3.63, 3.8) is 0 Å². The van der Waals surface area contributed by atoms with Crippen molar-refractivity contribution in [1.29, 1.82) is 0 Å². The molecular formula is C20H25F3IN3O2. The summed E-state index contributed by atoms with van der Waals surface area (Å²) in [5.41, 5.74) is -0.175. The van der Waals surface area contributed by atoms with Gasteiger partial charge in [0.1, 0.15) is 5.76 Å². The molecule has 9 heteroatoms. The predicted molar refractivity (Wildman–Crippen MR) is 115 cm³/mol. The van der Waals surface area contributed by atoms with Crippen LogP contribution < -0.4 is 5.32 Å². The molecule has 5 nitrogen and oxygen atoms in total. The number of alkyl halides is 3. The zero-order valence-corrected chi connectivity index (χ0v) is 18.2. The van der Waals surface area contributed by atoms with Crippen LogP contribution in [0.15, 0.2) is 52.1 Å². The molecule has 1 aliphatic heterocycles. The monoisotopic (exact) mass is 523 g/mol. The summed E-state index contributed by atoms with van der Waals surface area (Å²) in [6.45, 7) is 2.03. The molecule has 2 heterocycles. The van der Waals surface area contributed by atoms with Crippen LogP contribution in [0, 0.1) is 0 Å². The van der Waals surface area contributed by atoms with Gasteiger partial charge in [-0.15, -0.1) is 24.0 Å². The Morgan fingerprint density at radius 1 is 1.21 bits per heavy atom. The molecule has 0 saturated carbocycles. The van der Waals surface area contributed by atoms with E-state index in [9.17, 15) is 18.3 Å². The maximum absolute atomic E-state index is 12.9. The summed E-state index contributed by atoms with van der Waals surface area (Å²) in [4.78, 5) is 6.57. The molecule has 0 amide bonds. The number of nitrogens with zero attached hydrogens (tertiary/aromatic N) is 2. The second kappa shape index (κ2) is 10.9. The Morgan fingerprint density at radius 3 is 2.62 bits per heavy atom. The number of aliphatic imine (C=N–C) groups is 1. The van der Waals surface area contributed by atoms with Crippen molar-refractivity contribution in [1.82, 2.24) is 10.2 Å². The Hall–Kier alpha value is -1.75. The fourth-order valence-electron chi connectivity index (χ4n) is 3.11. The first-order chi connectivity index (χ1) is 13.4. The SMILES string of the molecule is I.OC1CCN(C(=NCc2cccc(C(F)(F)F)c2)NCCc2ccco2)CC1. The Kier molecular flexibility index (Phi) is 8.81. The summed E-state index contributed by atoms with van der Waals surface area (Å²) >= 11 is 0. The number of furan rings is 1. The first kappa shape index (κ1) is 23.5. The number of halogens is 4. The molecule has 1 aromatic carbocycles. The van der Waals surface area contributed by atoms with Crippen LogP contribution in [-0.2, 0) is 19.1 Å². The molecule has 160 valence electrons. The highest BCUT2D eigenvalue weighted by atomic mass is 127. The number of aliphatic hydroxyl groups is 1. The smallest absolute Gasteiger partial charge is 0.416 e. The van der Waals surface area contributed by atoms with E-state index < -0.39 is 11.7 Å². The highest BCUT2D eigenvalue weighted by Crippen LogP contribution is 2.29. The van der Waals surface area contributed by atoms with Crippen LogP contribution in [0.1, 0.15) is 29.7 Å². The molecule has 1 aliphatic rings. The lowest BCUT2D eigenvalue weighted by molar-refractivity contribution is -0.137. The lowest BCUT2D eigenvalue weighted by Crippen LogP contribution is -2.47. The maximum Gasteiger partial charge on any atom is 0.416 e. The van der Waals surface area contributed by atoms with Gasteiger partial charge in [-0.05, 0) is 42.7 Å². The third kappa shape index (κ3) is 7.22. The number of hydrogen-bond donors (Lipinski definition) is 2. The van der Waals surface area contributed by atoms with Crippen LogP contribution in [0.3, 0.4) is 0 Å². The van der Waals surface area contributed by atoms with Gasteiger partial charge in [-0.25, -0.2) is 4.99 Å². The summed E-state index contributed by atoms with van der Waals surface area (Å²) in [5.74, 6) is 1.48. The minimum absolute atomic E-state index is 0. The number of rotatable bonds is 5. The van der Waals surface area contributed by atoms with E-state index in [1.54, 1.807) is 12.3 Å². The fraction of sp³-hybridized carbons (Fsp3) is 0.450. The Labute approximate surface area is 185 Å². The number of guanidine groups is 1. The average Bonchev–Trinajstić information content (AvgIpc) is 3.18. The second-order valence-electron chi connectivity index (χ2n) is 6.81. The quantitative estimate of drug-likeness (QED) is 0.353. The van der Waals surface area contributed by atoms with Crippen molar-refractivity contribution >= 4 is 29.9 Å². The first-order valence-electron chi connectivity index (χ1n) is 9.31. The van der Waals surface area contributed by atoms with Crippen molar-refractivity contribution in [2.75, 3.05) is 19.6 Å². The van der Waals surface area contributed by atoms with Crippen molar-refractivity contribution in [2.24, 2.45) is 4.99 Å². The molecule has 0 radical (unpaired) electrons. The lowest BCUT2D eigenvalue weighted by Gasteiger charge is -2.32. The third-order valence-corrected chi connectivity index (χ3v) is 4.66. The van der Waals surface area contributed by atoms with E-state index in [1.807, 2.05) is 17.0 Å². The molecule has 2 N–H and O–H groups in total. The second-order valence-corrected chi connectivity index (χ2v) is 6.81. The number of piperidine rings is 1. The summed E-state index contributed by atoms with van der Waals surface area (Å²) in [6, 6.07) is 8.93. The third-order valence-electron chi connectivity index (χ3n) is 4.66. The van der Waals surface area contributed by atoms with Gasteiger partial charge in [0, 0.05) is 26.1 Å². The number of aliphatic hydroxyl groups excluding tert-OH is 1. The first-order valence-corrected chi connectivity index (χ1v) is 9.31. The zero-order chi connectivity index (χ0) is 20.0. The zero-order valence-electron chi connectivity index (χ0n) is 15.9. The van der Waals surface area contributed by atoms with Crippen LogP contribution in [-0.4, -0.2) is 41.7 Å². The molecular weight excluding hydrogens is 498 g/mol. The summed E-state index contributed by atoms with van der Waals surface area (Å²) in [7, 11) is 0. The Bertz CT molecular complexity index is 774. The van der Waals surface area contributed by atoms with Gasteiger partial charge in [0.25, 0.3) is 0 Å². The van der Waals surface area contributed by atoms with Crippen LogP contribution in [0.4, 0.5) is 13.2 Å². The predicted octanol–water partition coefficient (Wildman–Crippen LogP) is 4.06. The van der Waals surface area contributed by atoms with E-state index in [0.29, 0.717) is 50.4 Å². The van der Waals surface area contributed by atoms with Crippen molar-refractivity contribution < 1.29 is 22.7 Å². The summed E-state index contributed by atoms with van der Waals surface area (Å²) in [5, 5.41) is 13.0. The average molecular weight is 523 g/mol. The van der Waals surface area contributed by atoms with E-state index in [1.165, 1.54) is 6.07 Å². The number of benzene rings is 1. The highest BCUT2D eigenvalue weighted by Gasteiger charge is 2.30. The minimum Gasteiger partial charge on any atom is -0.469 e. The Morgan fingerprint density at radius 2 is 1.97 bits per heavy atom. The van der Waals surface area contributed by atoms with E-state index in [0.717, 1.165) is 17.9 Å². The van der Waals surface area contributed by atoms with Crippen molar-refractivity contribution in [3.8, 4) is 0 Å². The number of hydrogen-bond acceptors (Lipinski definition) is 3. The molecule has 3 rings (SSSR count). The van der Waals surface area contributed by atoms with Crippen molar-refractivity contribution in [2.45, 2.75) is 38.1 Å². The molecule has 0 atom stereocenters. The standard InChI is InChI=1S/C20H24F3N3O2.HI/c21-20(22,23)16-4-1-3-15(13-16)14-25-19(26-10-7-17(27)8-11-26)24-9-6-18-5-2-12-28-18;/h1-5,12-13,17,27H,6-11,14H2,(H,24,25);1H. The van der Waals surface area contributed by atoms with Gasteiger partial charge < -0.3 is 19.7 Å². The molecule has 0 spiro atoms. The van der Waals surface area contributed by atoms with E-state index in [4.69, 9.17) is 4.42 Å². The van der Waals surface area contributed by atoms with E-state index >= 15 is 0 Å². The van der Waals surface area contributed by atoms with Crippen LogP contribution in [0.2, 0.25) is 0 Å². The molecule has 0 bridgehead atoms. The van der Waals surface area contributed by atoms with Gasteiger partial charge in [0.05, 0.1) is 24.5 Å². The van der Waals surface area contributed by atoms with E-state index in [2.05, 4.69) is 10.3 Å². The van der Waals surface area contributed by atoms with Gasteiger partial charge in [0.15, 0.2) is 5.96 Å². The van der Waals surface area contributed by atoms with Crippen LogP contribution in [0.5, 0.6) is 0 Å². The van der Waals surface area contributed by atoms with Gasteiger partial charge in [-0.1, -0.05) is 12.1 Å². The topological polar surface area (TPSA) is 61.0 Å². The highest BCUT2D eigenvalue weighted by molar-refractivity contribution is 14.0. The van der Waals surface area contributed by atoms with Gasteiger partial charge in [-0.3, -0.25) is 0 Å². The number of likely N-dealkylation sites (tertiary alicyclic amines) is 1. The summed E-state index contributed by atoms with van der Waals surface area (Å²) in [6.07, 6.45) is -1.11. The lowest BCUT2D eigenvalue weighted by atomic mass is 10.1. The molecule has 29 heavy (non-hydrogen) atoms. The fourth-order valence-corrected chi connectivity index (χ4v) is 3.11. The van der Waals surface area contributed by atoms with Crippen molar-refractivity contribution in [3.05, 3.63) is 59.5 Å². The minimum atomic E-state index is -4.37. The van der Waals surface area contributed by atoms with Crippen LogP contribution in [0.25, 0.3) is 0 Å². The molecule has 1 aromatic heterocycles. The molecule has 2 aromatic rings. The molecule has 1 saturated heterocycles. The molecule has 1 fully saturated rings.